The number of nitrogens with two attached hydrogens (primary N) is 1. The lowest BCUT2D eigenvalue weighted by Crippen LogP contribution is -2.39. The molecule has 2 N–H and O–H groups in total. The van der Waals surface area contributed by atoms with E-state index in [1.54, 1.807) is 18.2 Å². The van der Waals surface area contributed by atoms with Crippen LogP contribution >= 0.6 is 23.2 Å². The Morgan fingerprint density at radius 1 is 1.26 bits per heavy atom. The molecule has 3 nitrogen and oxygen atoms in total. The van der Waals surface area contributed by atoms with Crippen molar-refractivity contribution in [1.29, 1.82) is 0 Å². The number of carbonyl (C=O) groups excluding carboxylic acids is 1. The Morgan fingerprint density at radius 3 is 2.37 bits per heavy atom. The van der Waals surface area contributed by atoms with Crippen molar-refractivity contribution in [3.05, 3.63) is 33.8 Å². The first-order valence-electron chi connectivity index (χ1n) is 6.57. The average Bonchev–Trinajstić information content (AvgIpc) is 2.39. The van der Waals surface area contributed by atoms with Gasteiger partial charge in [0.2, 0.25) is 0 Å². The van der Waals surface area contributed by atoms with Crippen LogP contribution in [-0.2, 0) is 0 Å². The van der Waals surface area contributed by atoms with Crippen molar-refractivity contribution in [2.45, 2.75) is 19.3 Å². The molecule has 1 fully saturated rings. The average molecular weight is 301 g/mol. The van der Waals surface area contributed by atoms with Crippen LogP contribution in [0.3, 0.4) is 0 Å². The Morgan fingerprint density at radius 2 is 1.84 bits per heavy atom. The molecule has 104 valence electrons. The van der Waals surface area contributed by atoms with Gasteiger partial charge in [-0.2, -0.15) is 0 Å². The molecule has 5 heteroatoms. The third-order valence-corrected chi connectivity index (χ3v) is 4.28. The van der Waals surface area contributed by atoms with Gasteiger partial charge >= 0.3 is 0 Å². The van der Waals surface area contributed by atoms with Crippen LogP contribution in [0.2, 0.25) is 10.0 Å². The first-order valence-corrected chi connectivity index (χ1v) is 7.32. The quantitative estimate of drug-likeness (QED) is 0.932. The van der Waals surface area contributed by atoms with Gasteiger partial charge in [0.1, 0.15) is 0 Å². The van der Waals surface area contributed by atoms with Crippen molar-refractivity contribution in [3.63, 3.8) is 0 Å². The SMILES string of the molecule is NCCC1CCN(C(=O)c2c(Cl)cccc2Cl)CC1. The fraction of sp³-hybridized carbons (Fsp3) is 0.500. The molecule has 0 aromatic heterocycles. The van der Waals surface area contributed by atoms with E-state index in [4.69, 9.17) is 28.9 Å². The monoisotopic (exact) mass is 300 g/mol. The van der Waals surface area contributed by atoms with Gasteiger partial charge in [0.05, 0.1) is 15.6 Å². The molecule has 0 atom stereocenters. The maximum Gasteiger partial charge on any atom is 0.256 e. The molecule has 0 unspecified atom stereocenters. The summed E-state index contributed by atoms with van der Waals surface area (Å²) in [6.45, 7) is 2.23. The Labute approximate surface area is 123 Å². The molecule has 0 spiro atoms. The van der Waals surface area contributed by atoms with Crippen molar-refractivity contribution in [2.75, 3.05) is 19.6 Å². The summed E-state index contributed by atoms with van der Waals surface area (Å²) in [6, 6.07) is 5.14. The van der Waals surface area contributed by atoms with Gasteiger partial charge in [0.15, 0.2) is 0 Å². The molecule has 0 bridgehead atoms. The lowest BCUT2D eigenvalue weighted by Gasteiger charge is -2.32. The van der Waals surface area contributed by atoms with Crippen LogP contribution in [0.4, 0.5) is 0 Å². The minimum absolute atomic E-state index is 0.0678. The molecule has 0 saturated carbocycles. The van der Waals surface area contributed by atoms with Gasteiger partial charge in [-0.3, -0.25) is 4.79 Å². The van der Waals surface area contributed by atoms with E-state index < -0.39 is 0 Å². The van der Waals surface area contributed by atoms with E-state index >= 15 is 0 Å². The predicted octanol–water partition coefficient (Wildman–Crippen LogP) is 3.19. The van der Waals surface area contributed by atoms with E-state index in [1.807, 2.05) is 4.90 Å². The summed E-state index contributed by atoms with van der Waals surface area (Å²) in [5, 5.41) is 0.836. The summed E-state index contributed by atoms with van der Waals surface area (Å²) < 4.78 is 0. The Bertz CT molecular complexity index is 437. The second-order valence-electron chi connectivity index (χ2n) is 4.91. The van der Waals surface area contributed by atoms with Crippen LogP contribution in [0.25, 0.3) is 0 Å². The van der Waals surface area contributed by atoms with Crippen molar-refractivity contribution in [2.24, 2.45) is 11.7 Å². The zero-order valence-corrected chi connectivity index (χ0v) is 12.3. The molecule has 0 radical (unpaired) electrons. The standard InChI is InChI=1S/C14H18Cl2N2O/c15-11-2-1-3-12(16)13(11)14(19)18-8-5-10(4-7-17)6-9-18/h1-3,10H,4-9,17H2. The van der Waals surface area contributed by atoms with E-state index in [0.29, 0.717) is 21.5 Å². The topological polar surface area (TPSA) is 46.3 Å². The summed E-state index contributed by atoms with van der Waals surface area (Å²) in [5.74, 6) is 0.567. The van der Waals surface area contributed by atoms with Crippen LogP contribution in [-0.4, -0.2) is 30.4 Å². The molecule has 19 heavy (non-hydrogen) atoms. The maximum atomic E-state index is 12.4. The highest BCUT2D eigenvalue weighted by Gasteiger charge is 2.25. The molecule has 1 amide bonds. The molecular formula is C14H18Cl2N2O. The molecule has 1 aromatic rings. The molecule has 1 heterocycles. The summed E-state index contributed by atoms with van der Waals surface area (Å²) in [4.78, 5) is 14.3. The van der Waals surface area contributed by atoms with Crippen LogP contribution in [0.15, 0.2) is 18.2 Å². The van der Waals surface area contributed by atoms with Gasteiger partial charge < -0.3 is 10.6 Å². The summed E-state index contributed by atoms with van der Waals surface area (Å²) >= 11 is 12.1. The van der Waals surface area contributed by atoms with Gasteiger partial charge in [-0.05, 0) is 43.9 Å². The smallest absolute Gasteiger partial charge is 0.256 e. The number of amides is 1. The molecule has 1 aliphatic rings. The third-order valence-electron chi connectivity index (χ3n) is 3.65. The minimum atomic E-state index is -0.0678. The molecule has 0 aliphatic carbocycles. The molecule has 1 aromatic carbocycles. The predicted molar refractivity (Wildman–Crippen MR) is 78.8 cm³/mol. The normalized spacial score (nSPS) is 16.7. The molecular weight excluding hydrogens is 283 g/mol. The van der Waals surface area contributed by atoms with Crippen LogP contribution in [0.1, 0.15) is 29.6 Å². The van der Waals surface area contributed by atoms with Crippen LogP contribution < -0.4 is 5.73 Å². The maximum absolute atomic E-state index is 12.4. The Kier molecular flexibility index (Phi) is 5.08. The lowest BCUT2D eigenvalue weighted by molar-refractivity contribution is 0.0688. The van der Waals surface area contributed by atoms with Crippen LogP contribution in [0.5, 0.6) is 0 Å². The fourth-order valence-electron chi connectivity index (χ4n) is 2.52. The minimum Gasteiger partial charge on any atom is -0.339 e. The number of piperidine rings is 1. The number of hydrogen-bond donors (Lipinski definition) is 1. The number of benzene rings is 1. The number of nitrogens with zero attached hydrogens (tertiary/aromatic N) is 1. The van der Waals surface area contributed by atoms with E-state index in [0.717, 1.165) is 38.9 Å². The van der Waals surface area contributed by atoms with E-state index in [9.17, 15) is 4.79 Å². The van der Waals surface area contributed by atoms with E-state index in [-0.39, 0.29) is 5.91 Å². The molecule has 1 aliphatic heterocycles. The molecule has 2 rings (SSSR count). The van der Waals surface area contributed by atoms with E-state index in [1.165, 1.54) is 0 Å². The number of halogens is 2. The van der Waals surface area contributed by atoms with Crippen molar-refractivity contribution >= 4 is 29.1 Å². The van der Waals surface area contributed by atoms with Crippen LogP contribution in [0, 0.1) is 5.92 Å². The highest BCUT2D eigenvalue weighted by molar-refractivity contribution is 6.39. The molecule has 1 saturated heterocycles. The Hall–Kier alpha value is -0.770. The lowest BCUT2D eigenvalue weighted by atomic mass is 9.93. The van der Waals surface area contributed by atoms with Gasteiger partial charge in [0, 0.05) is 13.1 Å². The largest absolute Gasteiger partial charge is 0.339 e. The fourth-order valence-corrected chi connectivity index (χ4v) is 3.08. The van der Waals surface area contributed by atoms with Crippen molar-refractivity contribution < 1.29 is 4.79 Å². The zero-order valence-electron chi connectivity index (χ0n) is 10.7. The number of hydrogen-bond acceptors (Lipinski definition) is 2. The first-order chi connectivity index (χ1) is 9.13. The second kappa shape index (κ2) is 6.60. The van der Waals surface area contributed by atoms with Gasteiger partial charge in [-0.25, -0.2) is 0 Å². The number of carbonyl (C=O) groups is 1. The second-order valence-corrected chi connectivity index (χ2v) is 5.72. The van der Waals surface area contributed by atoms with Gasteiger partial charge in [0.25, 0.3) is 5.91 Å². The number of likely N-dealkylation sites (tertiary alicyclic amines) is 1. The van der Waals surface area contributed by atoms with E-state index in [2.05, 4.69) is 0 Å². The summed E-state index contributed by atoms with van der Waals surface area (Å²) in [6.07, 6.45) is 3.05. The van der Waals surface area contributed by atoms with Crippen molar-refractivity contribution in [3.8, 4) is 0 Å². The van der Waals surface area contributed by atoms with Gasteiger partial charge in [-0.1, -0.05) is 29.3 Å². The van der Waals surface area contributed by atoms with Crippen molar-refractivity contribution in [1.82, 2.24) is 4.90 Å². The highest BCUT2D eigenvalue weighted by atomic mass is 35.5. The first kappa shape index (κ1) is 14.6. The van der Waals surface area contributed by atoms with Gasteiger partial charge in [-0.15, -0.1) is 0 Å². The summed E-state index contributed by atoms with van der Waals surface area (Å²) in [7, 11) is 0. The Balaban J connectivity index is 2.05. The zero-order chi connectivity index (χ0) is 13.8. The summed E-state index contributed by atoms with van der Waals surface area (Å²) in [5.41, 5.74) is 5.99. The highest BCUT2D eigenvalue weighted by Crippen LogP contribution is 2.28. The third kappa shape index (κ3) is 3.41. The number of rotatable bonds is 3.